The van der Waals surface area contributed by atoms with E-state index in [-0.39, 0.29) is 22.8 Å². The third-order valence-corrected chi connectivity index (χ3v) is 6.74. The number of amides is 1. The second-order valence-electron chi connectivity index (χ2n) is 6.28. The van der Waals surface area contributed by atoms with Gasteiger partial charge in [-0.3, -0.25) is 4.79 Å². The van der Waals surface area contributed by atoms with Crippen molar-refractivity contribution in [3.63, 3.8) is 0 Å². The second-order valence-corrected chi connectivity index (χ2v) is 8.21. The Bertz CT molecular complexity index is 663. The normalized spacial score (nSPS) is 17.4. The van der Waals surface area contributed by atoms with Crippen LogP contribution in [0.2, 0.25) is 0 Å². The molecule has 1 atom stereocenters. The molecule has 1 aliphatic heterocycles. The first-order valence-corrected chi connectivity index (χ1v) is 10.3. The zero-order valence-electron chi connectivity index (χ0n) is 15.2. The minimum absolute atomic E-state index is 0.00137. The largest absolute Gasteiger partial charge is 0.381 e. The number of nitrogens with one attached hydrogen (secondary N) is 1. The van der Waals surface area contributed by atoms with Crippen LogP contribution >= 0.6 is 0 Å². The lowest BCUT2D eigenvalue weighted by molar-refractivity contribution is -0.128. The fourth-order valence-corrected chi connectivity index (χ4v) is 4.47. The smallest absolute Gasteiger partial charge is 0.243 e. The van der Waals surface area contributed by atoms with Gasteiger partial charge < -0.3 is 10.1 Å². The summed E-state index contributed by atoms with van der Waals surface area (Å²) in [6, 6.07) is 6.59. The highest BCUT2D eigenvalue weighted by molar-refractivity contribution is 7.89. The number of ether oxygens (including phenoxy) is 1. The summed E-state index contributed by atoms with van der Waals surface area (Å²) in [6.45, 7) is 7.70. The Balaban J connectivity index is 2.04. The quantitative estimate of drug-likeness (QED) is 0.801. The molecule has 0 spiro atoms. The van der Waals surface area contributed by atoms with Crippen LogP contribution in [-0.2, 0) is 19.6 Å². The Morgan fingerprint density at radius 1 is 1.20 bits per heavy atom. The Morgan fingerprint density at radius 3 is 2.28 bits per heavy atom. The molecule has 0 bridgehead atoms. The molecule has 1 aromatic rings. The van der Waals surface area contributed by atoms with Crippen LogP contribution in [-0.4, -0.2) is 44.9 Å². The lowest BCUT2D eigenvalue weighted by Crippen LogP contribution is -2.35. The van der Waals surface area contributed by atoms with E-state index in [1.807, 2.05) is 20.8 Å². The average molecular weight is 368 g/mol. The number of carbonyl (C=O) groups excluding carboxylic acids is 1. The molecule has 25 heavy (non-hydrogen) atoms. The van der Waals surface area contributed by atoms with E-state index in [1.54, 1.807) is 24.3 Å². The van der Waals surface area contributed by atoms with Crippen LogP contribution in [0.15, 0.2) is 29.2 Å². The molecule has 1 aromatic carbocycles. The Hall–Kier alpha value is -1.44. The van der Waals surface area contributed by atoms with Crippen molar-refractivity contribution < 1.29 is 17.9 Å². The van der Waals surface area contributed by atoms with Crippen molar-refractivity contribution in [2.24, 2.45) is 5.92 Å². The van der Waals surface area contributed by atoms with Crippen molar-refractivity contribution in [3.8, 4) is 0 Å². The van der Waals surface area contributed by atoms with E-state index in [1.165, 1.54) is 4.31 Å². The zero-order valence-corrected chi connectivity index (χ0v) is 16.0. The number of hydrogen-bond acceptors (Lipinski definition) is 4. The van der Waals surface area contributed by atoms with Crippen molar-refractivity contribution in [1.29, 1.82) is 0 Å². The highest BCUT2D eigenvalue weighted by Gasteiger charge is 2.24. The average Bonchev–Trinajstić information content (AvgIpc) is 2.63. The lowest BCUT2D eigenvalue weighted by Gasteiger charge is -2.24. The van der Waals surface area contributed by atoms with Crippen LogP contribution < -0.4 is 5.32 Å². The van der Waals surface area contributed by atoms with Crippen molar-refractivity contribution in [1.82, 2.24) is 9.62 Å². The van der Waals surface area contributed by atoms with E-state index in [0.717, 1.165) is 18.4 Å². The van der Waals surface area contributed by atoms with E-state index < -0.39 is 10.0 Å². The van der Waals surface area contributed by atoms with Crippen LogP contribution in [0.4, 0.5) is 0 Å². The maximum Gasteiger partial charge on any atom is 0.243 e. The highest BCUT2D eigenvalue weighted by Crippen LogP contribution is 2.21. The van der Waals surface area contributed by atoms with Gasteiger partial charge in [-0.05, 0) is 37.5 Å². The van der Waals surface area contributed by atoms with E-state index in [4.69, 9.17) is 4.74 Å². The summed E-state index contributed by atoms with van der Waals surface area (Å²) in [5, 5.41) is 3.01. The molecule has 0 saturated carbocycles. The molecule has 1 aliphatic rings. The first-order valence-electron chi connectivity index (χ1n) is 8.88. The molecule has 0 radical (unpaired) electrons. The molecule has 1 heterocycles. The van der Waals surface area contributed by atoms with E-state index >= 15 is 0 Å². The molecule has 1 amide bonds. The molecule has 0 aliphatic carbocycles. The van der Waals surface area contributed by atoms with E-state index in [2.05, 4.69) is 5.32 Å². The molecular weight excluding hydrogens is 340 g/mol. The van der Waals surface area contributed by atoms with Crippen LogP contribution in [0, 0.1) is 5.92 Å². The summed E-state index contributed by atoms with van der Waals surface area (Å²) in [4.78, 5) is 12.6. The molecule has 0 unspecified atom stereocenters. The van der Waals surface area contributed by atoms with E-state index in [0.29, 0.717) is 26.3 Å². The Labute approximate surface area is 150 Å². The van der Waals surface area contributed by atoms with Gasteiger partial charge in [0.2, 0.25) is 15.9 Å². The monoisotopic (exact) mass is 368 g/mol. The SMILES string of the molecule is CCN(CC)S(=O)(=O)c1ccc([C@H](C)NC(=O)C2CCOCC2)cc1. The summed E-state index contributed by atoms with van der Waals surface area (Å²) in [6.07, 6.45) is 1.50. The summed E-state index contributed by atoms with van der Waals surface area (Å²) in [5.41, 5.74) is 0.888. The predicted molar refractivity (Wildman–Crippen MR) is 96.6 cm³/mol. The summed E-state index contributed by atoms with van der Waals surface area (Å²) in [7, 11) is -3.45. The maximum absolute atomic E-state index is 12.5. The molecule has 6 nitrogen and oxygen atoms in total. The first-order chi connectivity index (χ1) is 11.9. The van der Waals surface area contributed by atoms with Crippen molar-refractivity contribution in [3.05, 3.63) is 29.8 Å². The van der Waals surface area contributed by atoms with Crippen molar-refractivity contribution >= 4 is 15.9 Å². The van der Waals surface area contributed by atoms with Gasteiger partial charge in [0, 0.05) is 32.2 Å². The standard InChI is InChI=1S/C18H28N2O4S/c1-4-20(5-2)25(22,23)17-8-6-15(7-9-17)14(3)19-18(21)16-10-12-24-13-11-16/h6-9,14,16H,4-5,10-13H2,1-3H3,(H,19,21)/t14-/m0/s1. The second kappa shape index (κ2) is 8.78. The third kappa shape index (κ3) is 4.80. The van der Waals surface area contributed by atoms with Crippen molar-refractivity contribution in [2.75, 3.05) is 26.3 Å². The van der Waals surface area contributed by atoms with Gasteiger partial charge in [0.05, 0.1) is 10.9 Å². The van der Waals surface area contributed by atoms with Crippen molar-refractivity contribution in [2.45, 2.75) is 44.6 Å². The zero-order chi connectivity index (χ0) is 18.4. The van der Waals surface area contributed by atoms with Gasteiger partial charge in [0.1, 0.15) is 0 Å². The molecule has 2 rings (SSSR count). The van der Waals surface area contributed by atoms with Crippen LogP contribution in [0.5, 0.6) is 0 Å². The van der Waals surface area contributed by atoms with Crippen LogP contribution in [0.3, 0.4) is 0 Å². The topological polar surface area (TPSA) is 75.7 Å². The van der Waals surface area contributed by atoms with Crippen LogP contribution in [0.25, 0.3) is 0 Å². The molecule has 1 N–H and O–H groups in total. The number of sulfonamides is 1. The van der Waals surface area contributed by atoms with Crippen LogP contribution in [0.1, 0.15) is 45.2 Å². The number of carbonyl (C=O) groups is 1. The predicted octanol–water partition coefficient (Wildman–Crippen LogP) is 2.32. The number of rotatable bonds is 7. The number of nitrogens with zero attached hydrogens (tertiary/aromatic N) is 1. The Morgan fingerprint density at radius 2 is 1.76 bits per heavy atom. The summed E-state index contributed by atoms with van der Waals surface area (Å²) < 4.78 is 31.7. The Kier molecular flexibility index (Phi) is 6.98. The van der Waals surface area contributed by atoms with Gasteiger partial charge >= 0.3 is 0 Å². The van der Waals surface area contributed by atoms with Gasteiger partial charge in [-0.2, -0.15) is 4.31 Å². The lowest BCUT2D eigenvalue weighted by atomic mass is 9.98. The molecule has 1 fully saturated rings. The fourth-order valence-electron chi connectivity index (χ4n) is 3.02. The van der Waals surface area contributed by atoms with E-state index in [9.17, 15) is 13.2 Å². The van der Waals surface area contributed by atoms with Gasteiger partial charge in [-0.1, -0.05) is 26.0 Å². The molecular formula is C18H28N2O4S. The molecule has 0 aromatic heterocycles. The third-order valence-electron chi connectivity index (χ3n) is 4.67. The summed E-state index contributed by atoms with van der Waals surface area (Å²) >= 11 is 0. The molecule has 1 saturated heterocycles. The minimum Gasteiger partial charge on any atom is -0.381 e. The maximum atomic E-state index is 12.5. The number of hydrogen-bond donors (Lipinski definition) is 1. The number of benzene rings is 1. The van der Waals surface area contributed by atoms with Gasteiger partial charge in [-0.15, -0.1) is 0 Å². The van der Waals surface area contributed by atoms with Gasteiger partial charge in [0.25, 0.3) is 0 Å². The van der Waals surface area contributed by atoms with Gasteiger partial charge in [0.15, 0.2) is 0 Å². The molecule has 140 valence electrons. The first kappa shape index (κ1) is 19.9. The highest BCUT2D eigenvalue weighted by atomic mass is 32.2. The fraction of sp³-hybridized carbons (Fsp3) is 0.611. The minimum atomic E-state index is -3.45. The molecule has 7 heteroatoms. The summed E-state index contributed by atoms with van der Waals surface area (Å²) in [5.74, 6) is 0.0363. The van der Waals surface area contributed by atoms with Gasteiger partial charge in [-0.25, -0.2) is 8.42 Å².